The number of nitrogens with zero attached hydrogens (tertiary/aromatic N) is 2. The van der Waals surface area contributed by atoms with Gasteiger partial charge in [0.1, 0.15) is 6.67 Å². The van der Waals surface area contributed by atoms with Gasteiger partial charge in [-0.25, -0.2) is 0 Å². The molecule has 0 saturated heterocycles. The van der Waals surface area contributed by atoms with Gasteiger partial charge in [0.2, 0.25) is 0 Å². The van der Waals surface area contributed by atoms with Crippen LogP contribution in [0.5, 0.6) is 0 Å². The zero-order chi connectivity index (χ0) is 6.53. The lowest BCUT2D eigenvalue weighted by molar-refractivity contribution is 0.314. The quantitative estimate of drug-likeness (QED) is 0.571. The maximum absolute atomic E-state index is 4.57. The monoisotopic (exact) mass is 143 g/mol. The van der Waals surface area contributed by atoms with Crippen molar-refractivity contribution < 1.29 is 0 Å². The molecule has 1 rings (SSSR count). The van der Waals surface area contributed by atoms with Gasteiger partial charge in [0.25, 0.3) is 0 Å². The van der Waals surface area contributed by atoms with Gasteiger partial charge in [0, 0.05) is 19.2 Å². The Morgan fingerprint density at radius 2 is 2.78 bits per heavy atom. The minimum atomic E-state index is 0.736. The summed E-state index contributed by atoms with van der Waals surface area (Å²) in [7, 11) is 0. The van der Waals surface area contributed by atoms with Gasteiger partial charge in [-0.3, -0.25) is 5.01 Å². The number of hydrazone groups is 1. The van der Waals surface area contributed by atoms with Crippen molar-refractivity contribution in [2.45, 2.75) is 6.42 Å². The number of hydrogen-bond donors (Lipinski definition) is 1. The molecule has 0 aromatic heterocycles. The highest BCUT2D eigenvalue weighted by Crippen LogP contribution is 1.95. The van der Waals surface area contributed by atoms with Crippen molar-refractivity contribution in [2.24, 2.45) is 5.10 Å². The van der Waals surface area contributed by atoms with Crippen LogP contribution in [0.3, 0.4) is 0 Å². The molecule has 9 heavy (non-hydrogen) atoms. The second kappa shape index (κ2) is 3.40. The number of rotatable bonds is 3. The molecule has 3 nitrogen and oxygen atoms in total. The Balaban J connectivity index is 2.12. The molecule has 0 aliphatic carbocycles. The van der Waals surface area contributed by atoms with E-state index in [4.69, 9.17) is 0 Å². The Labute approximate surface area is 59.7 Å². The molecule has 0 fully saturated rings. The van der Waals surface area contributed by atoms with Crippen LogP contribution in [0.25, 0.3) is 0 Å². The molecule has 50 valence electrons. The Bertz CT molecular complexity index is 123. The Morgan fingerprint density at radius 3 is 3.33 bits per heavy atom. The molecule has 0 atom stereocenters. The molecular formula is C5H9N3S. The van der Waals surface area contributed by atoms with E-state index in [1.165, 1.54) is 5.49 Å². The predicted octanol–water partition coefficient (Wildman–Crippen LogP) is 0.182. The van der Waals surface area contributed by atoms with Crippen LogP contribution in [0.15, 0.2) is 5.10 Å². The second-order valence-corrected chi connectivity index (χ2v) is 2.03. The SMILES string of the molecule is S=CNCN1CCC=N1. The summed E-state index contributed by atoms with van der Waals surface area (Å²) in [5.41, 5.74) is 1.51. The molecule has 4 heteroatoms. The van der Waals surface area contributed by atoms with Crippen molar-refractivity contribution in [3.63, 3.8) is 0 Å². The molecular weight excluding hydrogens is 134 g/mol. The van der Waals surface area contributed by atoms with E-state index in [2.05, 4.69) is 22.6 Å². The van der Waals surface area contributed by atoms with E-state index in [1.54, 1.807) is 0 Å². The van der Waals surface area contributed by atoms with Crippen LogP contribution >= 0.6 is 12.2 Å². The standard InChI is InChI=1S/C5H9N3S/c9-5-6-4-8-3-1-2-7-8/h2,5H,1,3-4H2,(H,6,9). The molecule has 1 aliphatic heterocycles. The van der Waals surface area contributed by atoms with Gasteiger partial charge in [-0.05, 0) is 0 Å². The fraction of sp³-hybridized carbons (Fsp3) is 0.600. The first kappa shape index (κ1) is 6.48. The fourth-order valence-electron chi connectivity index (χ4n) is 0.700. The first-order valence-electron chi connectivity index (χ1n) is 2.88. The summed E-state index contributed by atoms with van der Waals surface area (Å²) in [4.78, 5) is 0. The third kappa shape index (κ3) is 1.97. The third-order valence-electron chi connectivity index (χ3n) is 1.12. The van der Waals surface area contributed by atoms with Crippen molar-refractivity contribution in [3.05, 3.63) is 0 Å². The first-order chi connectivity index (χ1) is 4.43. The summed E-state index contributed by atoms with van der Waals surface area (Å²) in [5.74, 6) is 0. The Morgan fingerprint density at radius 1 is 1.89 bits per heavy atom. The smallest absolute Gasteiger partial charge is 0.104 e. The van der Waals surface area contributed by atoms with E-state index in [0.29, 0.717) is 0 Å². The minimum absolute atomic E-state index is 0.736. The van der Waals surface area contributed by atoms with Crippen molar-refractivity contribution >= 4 is 23.9 Å². The van der Waals surface area contributed by atoms with Crippen molar-refractivity contribution in [1.29, 1.82) is 0 Å². The maximum atomic E-state index is 4.57. The van der Waals surface area contributed by atoms with Gasteiger partial charge in [-0.2, -0.15) is 5.10 Å². The lowest BCUT2D eigenvalue weighted by Crippen LogP contribution is -2.27. The van der Waals surface area contributed by atoms with E-state index in [1.807, 2.05) is 11.2 Å². The van der Waals surface area contributed by atoms with E-state index in [0.717, 1.165) is 19.6 Å². The van der Waals surface area contributed by atoms with Gasteiger partial charge < -0.3 is 5.32 Å². The molecule has 1 aliphatic rings. The van der Waals surface area contributed by atoms with Crippen LogP contribution in [0.4, 0.5) is 0 Å². The number of thiocarbonyl (C=S) groups is 1. The van der Waals surface area contributed by atoms with Gasteiger partial charge in [0.05, 0.1) is 5.49 Å². The van der Waals surface area contributed by atoms with Crippen molar-refractivity contribution in [2.75, 3.05) is 13.2 Å². The lowest BCUT2D eigenvalue weighted by Gasteiger charge is -2.11. The number of nitrogens with one attached hydrogen (secondary N) is 1. The molecule has 0 saturated carbocycles. The molecule has 1 heterocycles. The van der Waals surface area contributed by atoms with Crippen LogP contribution in [0.2, 0.25) is 0 Å². The van der Waals surface area contributed by atoms with Gasteiger partial charge in [-0.15, -0.1) is 0 Å². The normalized spacial score (nSPS) is 16.2. The van der Waals surface area contributed by atoms with Gasteiger partial charge >= 0.3 is 0 Å². The summed E-state index contributed by atoms with van der Waals surface area (Å²) >= 11 is 4.57. The molecule has 0 spiro atoms. The van der Waals surface area contributed by atoms with Crippen LogP contribution < -0.4 is 5.32 Å². The predicted molar refractivity (Wildman–Crippen MR) is 41.5 cm³/mol. The maximum Gasteiger partial charge on any atom is 0.104 e. The zero-order valence-corrected chi connectivity index (χ0v) is 5.90. The van der Waals surface area contributed by atoms with Gasteiger partial charge in [-0.1, -0.05) is 12.2 Å². The minimum Gasteiger partial charge on any atom is -0.364 e. The highest BCUT2D eigenvalue weighted by Gasteiger charge is 2.01. The number of hydrogen-bond acceptors (Lipinski definition) is 3. The van der Waals surface area contributed by atoms with Crippen LogP contribution in [-0.2, 0) is 0 Å². The topological polar surface area (TPSA) is 27.6 Å². The van der Waals surface area contributed by atoms with E-state index in [-0.39, 0.29) is 0 Å². The molecule has 0 aromatic rings. The summed E-state index contributed by atoms with van der Waals surface area (Å²) in [6, 6.07) is 0. The molecule has 0 aromatic carbocycles. The largest absolute Gasteiger partial charge is 0.364 e. The van der Waals surface area contributed by atoms with E-state index < -0.39 is 0 Å². The fourth-order valence-corrected chi connectivity index (χ4v) is 0.775. The average molecular weight is 143 g/mol. The van der Waals surface area contributed by atoms with Crippen LogP contribution in [0.1, 0.15) is 6.42 Å². The molecule has 0 bridgehead atoms. The van der Waals surface area contributed by atoms with Gasteiger partial charge in [0.15, 0.2) is 0 Å². The molecule has 0 unspecified atom stereocenters. The average Bonchev–Trinajstić information content (AvgIpc) is 2.34. The van der Waals surface area contributed by atoms with E-state index in [9.17, 15) is 0 Å². The zero-order valence-electron chi connectivity index (χ0n) is 5.08. The van der Waals surface area contributed by atoms with Crippen molar-refractivity contribution in [3.8, 4) is 0 Å². The summed E-state index contributed by atoms with van der Waals surface area (Å²) < 4.78 is 0. The van der Waals surface area contributed by atoms with Crippen molar-refractivity contribution in [1.82, 2.24) is 10.3 Å². The highest BCUT2D eigenvalue weighted by atomic mass is 32.1. The first-order valence-corrected chi connectivity index (χ1v) is 3.35. The summed E-state index contributed by atoms with van der Waals surface area (Å²) in [6.45, 7) is 1.75. The third-order valence-corrected chi connectivity index (χ3v) is 1.29. The van der Waals surface area contributed by atoms with Crippen LogP contribution in [-0.4, -0.2) is 29.9 Å². The molecule has 0 amide bonds. The molecule has 0 radical (unpaired) electrons. The summed E-state index contributed by atoms with van der Waals surface area (Å²) in [5, 5.41) is 8.88. The lowest BCUT2D eigenvalue weighted by atomic mass is 10.5. The summed E-state index contributed by atoms with van der Waals surface area (Å²) in [6.07, 6.45) is 2.96. The molecule has 1 N–H and O–H groups in total. The van der Waals surface area contributed by atoms with Crippen LogP contribution in [0, 0.1) is 0 Å². The Hall–Kier alpha value is -0.640. The Kier molecular flexibility index (Phi) is 2.45. The highest BCUT2D eigenvalue weighted by molar-refractivity contribution is 7.78. The van der Waals surface area contributed by atoms with E-state index >= 15 is 0 Å². The second-order valence-electron chi connectivity index (χ2n) is 1.80.